The van der Waals surface area contributed by atoms with Gasteiger partial charge in [-0.15, -0.1) is 0 Å². The van der Waals surface area contributed by atoms with Crippen LogP contribution in [0.15, 0.2) is 12.3 Å². The Hall–Kier alpha value is -1.40. The molecule has 1 rings (SSSR count). The van der Waals surface area contributed by atoms with Crippen LogP contribution < -0.4 is 5.32 Å². The SMILES string of the molecule is CCOC(C)CNc1ncc(Cl)cc1[N+](=O)[O-]. The van der Waals surface area contributed by atoms with E-state index in [-0.39, 0.29) is 22.6 Å². The molecule has 0 saturated heterocycles. The first-order chi connectivity index (χ1) is 8.04. The summed E-state index contributed by atoms with van der Waals surface area (Å²) in [5.74, 6) is 0.200. The number of nitrogens with zero attached hydrogens (tertiary/aromatic N) is 2. The molecule has 0 bridgehead atoms. The van der Waals surface area contributed by atoms with Crippen molar-refractivity contribution in [3.63, 3.8) is 0 Å². The number of ether oxygens (including phenoxy) is 1. The van der Waals surface area contributed by atoms with Gasteiger partial charge in [-0.05, 0) is 13.8 Å². The molecule has 1 unspecified atom stereocenters. The van der Waals surface area contributed by atoms with E-state index in [1.807, 2.05) is 13.8 Å². The van der Waals surface area contributed by atoms with Gasteiger partial charge in [-0.25, -0.2) is 4.98 Å². The molecule has 1 atom stereocenters. The fourth-order valence-corrected chi connectivity index (χ4v) is 1.44. The summed E-state index contributed by atoms with van der Waals surface area (Å²) in [5, 5.41) is 13.9. The van der Waals surface area contributed by atoms with Gasteiger partial charge in [0.25, 0.3) is 0 Å². The Balaban J connectivity index is 2.73. The minimum Gasteiger partial charge on any atom is -0.377 e. The highest BCUT2D eigenvalue weighted by Gasteiger charge is 2.16. The topological polar surface area (TPSA) is 77.3 Å². The zero-order chi connectivity index (χ0) is 12.8. The van der Waals surface area contributed by atoms with Crippen molar-refractivity contribution < 1.29 is 9.66 Å². The summed E-state index contributed by atoms with van der Waals surface area (Å²) < 4.78 is 5.30. The predicted octanol–water partition coefficient (Wildman–Crippen LogP) is 2.48. The predicted molar refractivity (Wildman–Crippen MR) is 65.5 cm³/mol. The number of halogens is 1. The quantitative estimate of drug-likeness (QED) is 0.627. The van der Waals surface area contributed by atoms with E-state index in [2.05, 4.69) is 10.3 Å². The fraction of sp³-hybridized carbons (Fsp3) is 0.500. The summed E-state index contributed by atoms with van der Waals surface area (Å²) >= 11 is 5.65. The molecule has 0 spiro atoms. The van der Waals surface area contributed by atoms with E-state index in [1.165, 1.54) is 12.3 Å². The first kappa shape index (κ1) is 13.7. The molecule has 0 saturated carbocycles. The van der Waals surface area contributed by atoms with Gasteiger partial charge >= 0.3 is 5.69 Å². The molecule has 1 heterocycles. The normalized spacial score (nSPS) is 12.2. The second-order valence-corrected chi connectivity index (χ2v) is 3.86. The maximum atomic E-state index is 10.8. The van der Waals surface area contributed by atoms with Crippen molar-refractivity contribution in [1.82, 2.24) is 4.98 Å². The molecule has 7 heteroatoms. The standard InChI is InChI=1S/C10H14ClN3O3/c1-3-17-7(2)5-12-10-9(14(15)16)4-8(11)6-13-10/h4,6-7H,3,5H2,1-2H3,(H,12,13). The first-order valence-corrected chi connectivity index (χ1v) is 5.57. The number of pyridine rings is 1. The molecule has 1 N–H and O–H groups in total. The molecule has 6 nitrogen and oxygen atoms in total. The third-order valence-corrected chi connectivity index (χ3v) is 2.25. The van der Waals surface area contributed by atoms with E-state index in [1.54, 1.807) is 0 Å². The van der Waals surface area contributed by atoms with Crippen molar-refractivity contribution in [2.75, 3.05) is 18.5 Å². The highest BCUT2D eigenvalue weighted by molar-refractivity contribution is 6.30. The van der Waals surface area contributed by atoms with Crippen molar-refractivity contribution in [3.8, 4) is 0 Å². The lowest BCUT2D eigenvalue weighted by molar-refractivity contribution is -0.384. The van der Waals surface area contributed by atoms with Crippen LogP contribution in [-0.4, -0.2) is 29.2 Å². The van der Waals surface area contributed by atoms with Crippen LogP contribution in [0.3, 0.4) is 0 Å². The second-order valence-electron chi connectivity index (χ2n) is 3.43. The minimum atomic E-state index is -0.521. The van der Waals surface area contributed by atoms with Gasteiger partial charge in [-0.3, -0.25) is 10.1 Å². The van der Waals surface area contributed by atoms with Crippen LogP contribution in [0.5, 0.6) is 0 Å². The van der Waals surface area contributed by atoms with E-state index >= 15 is 0 Å². The number of hydrogen-bond acceptors (Lipinski definition) is 5. The van der Waals surface area contributed by atoms with Crippen LogP contribution in [0.1, 0.15) is 13.8 Å². The Morgan fingerprint density at radius 1 is 1.71 bits per heavy atom. The van der Waals surface area contributed by atoms with Gasteiger partial charge in [0.1, 0.15) is 0 Å². The van der Waals surface area contributed by atoms with Crippen molar-refractivity contribution in [2.24, 2.45) is 0 Å². The molecular weight excluding hydrogens is 246 g/mol. The number of anilines is 1. The lowest BCUT2D eigenvalue weighted by Crippen LogP contribution is -2.20. The summed E-state index contributed by atoms with van der Waals surface area (Å²) in [4.78, 5) is 14.2. The van der Waals surface area contributed by atoms with Gasteiger partial charge in [0.05, 0.1) is 16.0 Å². The van der Waals surface area contributed by atoms with Crippen molar-refractivity contribution in [2.45, 2.75) is 20.0 Å². The lowest BCUT2D eigenvalue weighted by Gasteiger charge is -2.12. The third kappa shape index (κ3) is 4.16. The molecular formula is C10H14ClN3O3. The molecule has 94 valence electrons. The Labute approximate surface area is 104 Å². The van der Waals surface area contributed by atoms with E-state index in [0.717, 1.165) is 0 Å². The maximum Gasteiger partial charge on any atom is 0.312 e. The van der Waals surface area contributed by atoms with Crippen LogP contribution >= 0.6 is 11.6 Å². The van der Waals surface area contributed by atoms with Gasteiger partial charge < -0.3 is 10.1 Å². The number of rotatable bonds is 6. The van der Waals surface area contributed by atoms with Gasteiger partial charge in [-0.1, -0.05) is 11.6 Å². The van der Waals surface area contributed by atoms with Gasteiger partial charge in [0.2, 0.25) is 5.82 Å². The molecule has 0 amide bonds. The Bertz CT molecular complexity index is 400. The van der Waals surface area contributed by atoms with Crippen LogP contribution in [-0.2, 0) is 4.74 Å². The molecule has 0 aliphatic carbocycles. The monoisotopic (exact) mass is 259 g/mol. The molecule has 0 aliphatic rings. The van der Waals surface area contributed by atoms with Gasteiger partial charge in [0, 0.05) is 25.4 Å². The number of nitro groups is 1. The molecule has 1 aromatic rings. The summed E-state index contributed by atoms with van der Waals surface area (Å²) in [5.41, 5.74) is -0.138. The smallest absolute Gasteiger partial charge is 0.312 e. The second kappa shape index (κ2) is 6.36. The summed E-state index contributed by atoms with van der Waals surface area (Å²) in [6, 6.07) is 1.27. The molecule has 0 fully saturated rings. The van der Waals surface area contributed by atoms with E-state index in [0.29, 0.717) is 13.2 Å². The summed E-state index contributed by atoms with van der Waals surface area (Å²) in [6.07, 6.45) is 1.32. The average molecular weight is 260 g/mol. The maximum absolute atomic E-state index is 10.8. The summed E-state index contributed by atoms with van der Waals surface area (Å²) in [6.45, 7) is 4.81. The van der Waals surface area contributed by atoms with Crippen molar-refractivity contribution in [3.05, 3.63) is 27.4 Å². The largest absolute Gasteiger partial charge is 0.377 e. The average Bonchev–Trinajstić information content (AvgIpc) is 2.27. The molecule has 0 radical (unpaired) electrons. The molecule has 0 aromatic carbocycles. The number of aromatic nitrogens is 1. The number of hydrogen-bond donors (Lipinski definition) is 1. The highest BCUT2D eigenvalue weighted by Crippen LogP contribution is 2.24. The van der Waals surface area contributed by atoms with E-state index < -0.39 is 4.92 Å². The fourth-order valence-electron chi connectivity index (χ4n) is 1.29. The third-order valence-electron chi connectivity index (χ3n) is 2.04. The van der Waals surface area contributed by atoms with E-state index in [4.69, 9.17) is 16.3 Å². The minimum absolute atomic E-state index is 0.0444. The van der Waals surface area contributed by atoms with Crippen LogP contribution in [0.4, 0.5) is 11.5 Å². The van der Waals surface area contributed by atoms with Crippen LogP contribution in [0.25, 0.3) is 0 Å². The zero-order valence-electron chi connectivity index (χ0n) is 9.64. The molecule has 17 heavy (non-hydrogen) atoms. The first-order valence-electron chi connectivity index (χ1n) is 5.20. The van der Waals surface area contributed by atoms with Crippen molar-refractivity contribution in [1.29, 1.82) is 0 Å². The Kier molecular flexibility index (Phi) is 5.11. The van der Waals surface area contributed by atoms with Gasteiger partial charge in [-0.2, -0.15) is 0 Å². The van der Waals surface area contributed by atoms with Crippen LogP contribution in [0, 0.1) is 10.1 Å². The lowest BCUT2D eigenvalue weighted by atomic mass is 10.3. The molecule has 0 aliphatic heterocycles. The van der Waals surface area contributed by atoms with Crippen molar-refractivity contribution >= 4 is 23.1 Å². The molecule has 1 aromatic heterocycles. The number of nitrogens with one attached hydrogen (secondary N) is 1. The van der Waals surface area contributed by atoms with Gasteiger partial charge in [0.15, 0.2) is 0 Å². The summed E-state index contributed by atoms with van der Waals surface area (Å²) in [7, 11) is 0. The zero-order valence-corrected chi connectivity index (χ0v) is 10.4. The Morgan fingerprint density at radius 2 is 2.41 bits per heavy atom. The van der Waals surface area contributed by atoms with E-state index in [9.17, 15) is 10.1 Å². The Morgan fingerprint density at radius 3 is 3.00 bits per heavy atom. The highest BCUT2D eigenvalue weighted by atomic mass is 35.5. The van der Waals surface area contributed by atoms with Crippen LogP contribution in [0.2, 0.25) is 5.02 Å².